The monoisotopic (exact) mass is 414 g/mol. The first-order valence-corrected chi connectivity index (χ1v) is 9.21. The van der Waals surface area contributed by atoms with Gasteiger partial charge >= 0.3 is 0 Å². The van der Waals surface area contributed by atoms with E-state index in [0.29, 0.717) is 15.7 Å². The summed E-state index contributed by atoms with van der Waals surface area (Å²) in [6.45, 7) is 1.33. The maximum Gasteiger partial charge on any atom is 0.243 e. The lowest BCUT2D eigenvalue weighted by atomic mass is 10.2. The summed E-state index contributed by atoms with van der Waals surface area (Å²) in [6.07, 6.45) is 0. The van der Waals surface area contributed by atoms with Gasteiger partial charge in [-0.2, -0.15) is 4.31 Å². The van der Waals surface area contributed by atoms with Crippen LogP contribution in [0, 0.1) is 12.7 Å². The second-order valence-electron chi connectivity index (χ2n) is 5.23. The summed E-state index contributed by atoms with van der Waals surface area (Å²) < 4.78 is 39.7. The molecule has 0 unspecified atom stereocenters. The number of amides is 1. The number of hydrogen-bond acceptors (Lipinski definition) is 3. The third-order valence-corrected chi connectivity index (χ3v) is 5.77. The summed E-state index contributed by atoms with van der Waals surface area (Å²) in [5, 5.41) is 2.53. The molecule has 128 valence electrons. The number of carbonyl (C=O) groups is 1. The summed E-state index contributed by atoms with van der Waals surface area (Å²) in [5.41, 5.74) is 0.981. The summed E-state index contributed by atoms with van der Waals surface area (Å²) >= 11 is 3.25. The third kappa shape index (κ3) is 4.40. The Kier molecular flexibility index (Phi) is 5.74. The molecule has 0 radical (unpaired) electrons. The van der Waals surface area contributed by atoms with E-state index in [-0.39, 0.29) is 11.4 Å². The number of nitrogens with zero attached hydrogens (tertiary/aromatic N) is 1. The molecule has 0 heterocycles. The van der Waals surface area contributed by atoms with Gasteiger partial charge in [0.25, 0.3) is 0 Å². The number of sulfonamides is 1. The molecule has 0 aliphatic rings. The second-order valence-corrected chi connectivity index (χ2v) is 8.15. The Labute approximate surface area is 148 Å². The zero-order valence-electron chi connectivity index (χ0n) is 13.1. The van der Waals surface area contributed by atoms with Gasteiger partial charge in [0, 0.05) is 17.2 Å². The van der Waals surface area contributed by atoms with E-state index in [1.165, 1.54) is 37.4 Å². The van der Waals surface area contributed by atoms with Gasteiger partial charge in [-0.25, -0.2) is 12.8 Å². The number of hydrogen-bond donors (Lipinski definition) is 1. The van der Waals surface area contributed by atoms with Crippen LogP contribution in [0.1, 0.15) is 5.56 Å². The zero-order valence-corrected chi connectivity index (χ0v) is 15.5. The number of halogens is 2. The summed E-state index contributed by atoms with van der Waals surface area (Å²) in [7, 11) is -2.47. The Morgan fingerprint density at radius 2 is 1.83 bits per heavy atom. The quantitative estimate of drug-likeness (QED) is 0.816. The van der Waals surface area contributed by atoms with Crippen LogP contribution in [0.4, 0.5) is 10.1 Å². The lowest BCUT2D eigenvalue weighted by molar-refractivity contribution is -0.116. The highest BCUT2D eigenvalue weighted by atomic mass is 79.9. The molecule has 1 amide bonds. The lowest BCUT2D eigenvalue weighted by Gasteiger charge is -2.18. The van der Waals surface area contributed by atoms with Crippen LogP contribution in [0.5, 0.6) is 0 Å². The van der Waals surface area contributed by atoms with Crippen molar-refractivity contribution in [3.05, 3.63) is 58.3 Å². The van der Waals surface area contributed by atoms with E-state index < -0.39 is 21.7 Å². The van der Waals surface area contributed by atoms with Gasteiger partial charge in [0.2, 0.25) is 15.9 Å². The molecule has 0 fully saturated rings. The van der Waals surface area contributed by atoms with Crippen molar-refractivity contribution < 1.29 is 17.6 Å². The minimum absolute atomic E-state index is 0.133. The number of likely N-dealkylation sites (N-methyl/N-ethyl adjacent to an activating group) is 1. The van der Waals surface area contributed by atoms with E-state index in [2.05, 4.69) is 21.2 Å². The summed E-state index contributed by atoms with van der Waals surface area (Å²) in [5.74, 6) is -0.932. The zero-order chi connectivity index (χ0) is 17.9. The normalized spacial score (nSPS) is 11.5. The fourth-order valence-corrected chi connectivity index (χ4v) is 3.93. The average molecular weight is 415 g/mol. The molecular formula is C16H16BrFN2O3S. The maximum absolute atomic E-state index is 12.8. The number of benzene rings is 2. The molecule has 2 rings (SSSR count). The van der Waals surface area contributed by atoms with Crippen LogP contribution in [-0.2, 0) is 14.8 Å². The van der Waals surface area contributed by atoms with Crippen LogP contribution < -0.4 is 5.32 Å². The SMILES string of the molecule is Cc1ccc(Br)cc1S(=O)(=O)N(C)CC(=O)Nc1ccc(F)cc1. The van der Waals surface area contributed by atoms with Crippen LogP contribution in [0.2, 0.25) is 0 Å². The van der Waals surface area contributed by atoms with Gasteiger partial charge in [0.1, 0.15) is 5.82 Å². The first-order valence-electron chi connectivity index (χ1n) is 6.98. The van der Waals surface area contributed by atoms with Crippen molar-refractivity contribution in [1.82, 2.24) is 4.31 Å². The first-order chi connectivity index (χ1) is 11.2. The van der Waals surface area contributed by atoms with Gasteiger partial charge in [0.15, 0.2) is 0 Å². The Hall–Kier alpha value is -1.77. The molecule has 8 heteroatoms. The smallest absolute Gasteiger partial charge is 0.243 e. The van der Waals surface area contributed by atoms with Crippen molar-refractivity contribution in [3.63, 3.8) is 0 Å². The molecule has 2 aromatic rings. The number of carbonyl (C=O) groups excluding carboxylic acids is 1. The molecule has 2 aromatic carbocycles. The molecule has 0 aliphatic heterocycles. The highest BCUT2D eigenvalue weighted by Gasteiger charge is 2.25. The first kappa shape index (κ1) is 18.6. The standard InChI is InChI=1S/C16H16BrFN2O3S/c1-11-3-4-12(17)9-15(11)24(22,23)20(2)10-16(21)19-14-7-5-13(18)6-8-14/h3-9H,10H2,1-2H3,(H,19,21). The van der Waals surface area contributed by atoms with Crippen LogP contribution in [0.25, 0.3) is 0 Å². The van der Waals surface area contributed by atoms with Crippen molar-refractivity contribution >= 4 is 37.5 Å². The summed E-state index contributed by atoms with van der Waals surface area (Å²) in [4.78, 5) is 12.2. The van der Waals surface area contributed by atoms with Crippen molar-refractivity contribution in [2.75, 3.05) is 18.9 Å². The van der Waals surface area contributed by atoms with Gasteiger partial charge in [-0.1, -0.05) is 22.0 Å². The third-order valence-electron chi connectivity index (χ3n) is 3.33. The number of anilines is 1. The highest BCUT2D eigenvalue weighted by Crippen LogP contribution is 2.23. The molecule has 0 aliphatic carbocycles. The maximum atomic E-state index is 12.8. The second kappa shape index (κ2) is 7.42. The largest absolute Gasteiger partial charge is 0.325 e. The van der Waals surface area contributed by atoms with Crippen molar-refractivity contribution in [2.45, 2.75) is 11.8 Å². The minimum atomic E-state index is -3.80. The molecular weight excluding hydrogens is 399 g/mol. The van der Waals surface area contributed by atoms with Gasteiger partial charge in [-0.05, 0) is 48.9 Å². The Morgan fingerprint density at radius 3 is 2.46 bits per heavy atom. The minimum Gasteiger partial charge on any atom is -0.325 e. The van der Waals surface area contributed by atoms with E-state index in [0.717, 1.165) is 4.31 Å². The van der Waals surface area contributed by atoms with Crippen LogP contribution in [0.3, 0.4) is 0 Å². The molecule has 1 N–H and O–H groups in total. The fourth-order valence-electron chi connectivity index (χ4n) is 2.04. The van der Waals surface area contributed by atoms with Crippen LogP contribution in [-0.4, -0.2) is 32.2 Å². The Morgan fingerprint density at radius 1 is 1.21 bits per heavy atom. The number of nitrogens with one attached hydrogen (secondary N) is 1. The molecule has 0 saturated heterocycles. The van der Waals surface area contributed by atoms with E-state index >= 15 is 0 Å². The van der Waals surface area contributed by atoms with Gasteiger partial charge < -0.3 is 5.32 Å². The molecule has 5 nitrogen and oxygen atoms in total. The Balaban J connectivity index is 2.12. The topological polar surface area (TPSA) is 66.5 Å². The molecule has 0 spiro atoms. The van der Waals surface area contributed by atoms with Crippen molar-refractivity contribution in [1.29, 1.82) is 0 Å². The predicted molar refractivity (Wildman–Crippen MR) is 93.7 cm³/mol. The van der Waals surface area contributed by atoms with E-state index in [1.54, 1.807) is 19.1 Å². The fraction of sp³-hybridized carbons (Fsp3) is 0.188. The van der Waals surface area contributed by atoms with E-state index in [1.807, 2.05) is 0 Å². The van der Waals surface area contributed by atoms with Gasteiger partial charge in [-0.3, -0.25) is 4.79 Å². The average Bonchev–Trinajstić information content (AvgIpc) is 2.51. The molecule has 24 heavy (non-hydrogen) atoms. The molecule has 0 bridgehead atoms. The van der Waals surface area contributed by atoms with Crippen molar-refractivity contribution in [3.8, 4) is 0 Å². The van der Waals surface area contributed by atoms with Crippen molar-refractivity contribution in [2.24, 2.45) is 0 Å². The summed E-state index contributed by atoms with van der Waals surface area (Å²) in [6, 6.07) is 10.2. The number of aryl methyl sites for hydroxylation is 1. The van der Waals surface area contributed by atoms with E-state index in [4.69, 9.17) is 0 Å². The molecule has 0 saturated carbocycles. The van der Waals surface area contributed by atoms with Crippen LogP contribution in [0.15, 0.2) is 51.8 Å². The highest BCUT2D eigenvalue weighted by molar-refractivity contribution is 9.10. The lowest BCUT2D eigenvalue weighted by Crippen LogP contribution is -2.35. The molecule has 0 atom stereocenters. The molecule has 0 aromatic heterocycles. The van der Waals surface area contributed by atoms with Crippen LogP contribution >= 0.6 is 15.9 Å². The van der Waals surface area contributed by atoms with Gasteiger partial charge in [0.05, 0.1) is 11.4 Å². The number of rotatable bonds is 5. The Bertz CT molecular complexity index is 854. The van der Waals surface area contributed by atoms with Gasteiger partial charge in [-0.15, -0.1) is 0 Å². The van der Waals surface area contributed by atoms with E-state index in [9.17, 15) is 17.6 Å². The predicted octanol–water partition coefficient (Wildman–Crippen LogP) is 3.16.